The average molecular weight is 593 g/mol. The molecule has 1 aliphatic heterocycles. The Morgan fingerprint density at radius 1 is 1.16 bits per heavy atom. The van der Waals surface area contributed by atoms with Crippen molar-refractivity contribution in [3.63, 3.8) is 0 Å². The summed E-state index contributed by atoms with van der Waals surface area (Å²) < 4.78 is 20.1. The van der Waals surface area contributed by atoms with E-state index in [4.69, 9.17) is 34.0 Å². The van der Waals surface area contributed by atoms with Crippen molar-refractivity contribution in [1.82, 2.24) is 15.0 Å². The third-order valence-electron chi connectivity index (χ3n) is 5.04. The molecule has 0 bridgehead atoms. The van der Waals surface area contributed by atoms with Crippen LogP contribution in [0.5, 0.6) is 0 Å². The number of pyridine rings is 3. The number of hydrogen-bond donors (Lipinski definition) is 2. The fraction of sp³-hybridized carbons (Fsp3) is 0.316. The normalized spacial score (nSPS) is 27.6. The van der Waals surface area contributed by atoms with E-state index in [9.17, 15) is 9.50 Å². The van der Waals surface area contributed by atoms with Gasteiger partial charge in [-0.2, -0.15) is 0 Å². The van der Waals surface area contributed by atoms with Gasteiger partial charge in [0.05, 0.1) is 33.7 Å². The molecular weight excluding hydrogens is 576 g/mol. The van der Waals surface area contributed by atoms with Gasteiger partial charge < -0.3 is 20.4 Å². The number of fused-ring (bicyclic) bond motifs is 1. The number of hydrogen-bond acceptors (Lipinski definition) is 7. The Labute approximate surface area is 204 Å². The molecule has 3 atom stereocenters. The molecule has 7 radical (unpaired) electrons. The number of halogens is 1. The minimum absolute atomic E-state index is 0. The molecule has 3 unspecified atom stereocenters. The Kier molecular flexibility index (Phi) is 6.66. The molecule has 3 aromatic rings. The molecule has 3 N–H and O–H groups in total. The van der Waals surface area contributed by atoms with Crippen molar-refractivity contribution in [2.24, 2.45) is 5.73 Å². The molecule has 0 saturated carbocycles. The van der Waals surface area contributed by atoms with Crippen LogP contribution in [0.3, 0.4) is 0 Å². The molecule has 4 heterocycles. The van der Waals surface area contributed by atoms with Gasteiger partial charge in [0, 0.05) is 56.7 Å². The zero-order chi connectivity index (χ0) is 22.6. The largest absolute Gasteiger partial charge is 0.391 e. The molecule has 3 aromatic heterocycles. The van der Waals surface area contributed by atoms with E-state index in [2.05, 4.69) is 15.0 Å². The van der Waals surface area contributed by atoms with Crippen LogP contribution >= 0.6 is 0 Å². The van der Waals surface area contributed by atoms with Crippen molar-refractivity contribution in [1.29, 1.82) is 0 Å². The van der Waals surface area contributed by atoms with E-state index in [0.29, 0.717) is 16.9 Å². The first-order valence-electron chi connectivity index (χ1n) is 9.50. The molecule has 0 aliphatic carbocycles. The van der Waals surface area contributed by atoms with Crippen LogP contribution in [0.2, 0.25) is 0 Å². The topological polar surface area (TPSA) is 97.4 Å². The summed E-state index contributed by atoms with van der Waals surface area (Å²) >= 11 is 0. The molecule has 0 aromatic carbocycles. The monoisotopic (exact) mass is 594 g/mol. The number of nitrogens with zero attached hydrogens (tertiary/aromatic N) is 4. The van der Waals surface area contributed by atoms with Crippen LogP contribution in [0, 0.1) is 5.82 Å². The number of aromatic nitrogens is 3. The summed E-state index contributed by atoms with van der Waals surface area (Å²) in [4.78, 5) is 14.3. The second-order valence-electron chi connectivity index (χ2n) is 7.92. The van der Waals surface area contributed by atoms with Crippen LogP contribution in [0.4, 0.5) is 10.2 Å². The molecule has 0 spiro atoms. The van der Waals surface area contributed by atoms with Gasteiger partial charge >= 0.3 is 0 Å². The Hall–Kier alpha value is -1.73. The van der Waals surface area contributed by atoms with Gasteiger partial charge in [0.2, 0.25) is 0 Å². The van der Waals surface area contributed by atoms with Gasteiger partial charge in [0.1, 0.15) is 35.2 Å². The number of aliphatic hydroxyl groups is 1. The number of rotatable bonds is 3. The minimum atomic E-state index is -2.26. The molecule has 1 aliphatic rings. The van der Waals surface area contributed by atoms with Crippen LogP contribution in [0.1, 0.15) is 19.5 Å². The summed E-state index contributed by atoms with van der Waals surface area (Å²) in [6.07, 6.45) is 1.67. The second-order valence-corrected chi connectivity index (χ2v) is 7.92. The van der Waals surface area contributed by atoms with Gasteiger partial charge in [0.25, 0.3) is 7.41 Å². The summed E-state index contributed by atoms with van der Waals surface area (Å²) in [5, 5.41) is 10.3. The minimum Gasteiger partial charge on any atom is -0.391 e. The summed E-state index contributed by atoms with van der Waals surface area (Å²) in [6.45, 7) is 3.16. The first-order valence-corrected chi connectivity index (χ1v) is 9.50. The number of nitrogens with two attached hydrogens (primary N) is 1. The molecule has 7 nitrogen and oxygen atoms in total. The van der Waals surface area contributed by atoms with Crippen LogP contribution < -0.4 is 10.5 Å². The van der Waals surface area contributed by atoms with Gasteiger partial charge in [-0.1, -0.05) is 0 Å². The Morgan fingerprint density at radius 3 is 2.56 bits per heavy atom. The van der Waals surface area contributed by atoms with Gasteiger partial charge in [-0.25, -0.2) is 14.4 Å². The van der Waals surface area contributed by atoms with Gasteiger partial charge in [0.15, 0.2) is 0 Å². The molecule has 1 fully saturated rings. The fourth-order valence-electron chi connectivity index (χ4n) is 3.44. The van der Waals surface area contributed by atoms with E-state index >= 15 is 0 Å². The molecule has 4 rings (SSSR count). The molecule has 0 amide bonds. The van der Waals surface area contributed by atoms with Gasteiger partial charge in [-0.15, -0.1) is 0 Å². The van der Waals surface area contributed by atoms with Crippen LogP contribution in [0.25, 0.3) is 22.3 Å². The zero-order valence-electron chi connectivity index (χ0n) is 17.5. The van der Waals surface area contributed by atoms with Crippen LogP contribution in [-0.2, 0) is 32.3 Å². The van der Waals surface area contributed by atoms with Crippen molar-refractivity contribution in [2.45, 2.75) is 36.9 Å². The maximum Gasteiger partial charge on any atom is 0.275 e. The van der Waals surface area contributed by atoms with Crippen molar-refractivity contribution >= 4 is 47.7 Å². The molecule has 1 saturated heterocycles. The molecule has 155 valence electrons. The predicted molar refractivity (Wildman–Crippen MR) is 119 cm³/mol. The van der Waals surface area contributed by atoms with E-state index in [1.807, 2.05) is 0 Å². The van der Waals surface area contributed by atoms with E-state index in [0.717, 1.165) is 16.3 Å². The van der Waals surface area contributed by atoms with E-state index in [-0.39, 0.29) is 39.1 Å². The van der Waals surface area contributed by atoms with Gasteiger partial charge in [-0.3, -0.25) is 4.98 Å². The van der Waals surface area contributed by atoms with Crippen molar-refractivity contribution in [2.75, 3.05) is 4.81 Å². The predicted octanol–water partition coefficient (Wildman–Crippen LogP) is 0.284. The first-order chi connectivity index (χ1) is 14.4. The summed E-state index contributed by atoms with van der Waals surface area (Å²) in [5.74, 6) is -0.636. The summed E-state index contributed by atoms with van der Waals surface area (Å²) in [5.41, 5.74) is 3.54. The van der Waals surface area contributed by atoms with E-state index in [1.165, 1.54) is 27.3 Å². The summed E-state index contributed by atoms with van der Waals surface area (Å²) in [6, 6.07) is 7.57. The quantitative estimate of drug-likeness (QED) is 0.422. The van der Waals surface area contributed by atoms with Crippen LogP contribution in [0.15, 0.2) is 36.5 Å². The zero-order valence-corrected chi connectivity index (χ0v) is 20.4. The maximum absolute atomic E-state index is 14.6. The maximum atomic E-state index is 14.6. The van der Waals surface area contributed by atoms with Crippen molar-refractivity contribution < 1.29 is 35.3 Å². The third kappa shape index (κ3) is 4.51. The second kappa shape index (κ2) is 8.56. The van der Waals surface area contributed by atoms with Crippen molar-refractivity contribution in [3.05, 3.63) is 48.0 Å². The SMILES string of the molecule is [B]C1(C)[B]N(c2cc(F)cc(-c3ccc4cnc(CN)cc4n3)n2)C([B])(O)C([B])(C)O1.[W]. The molecular formula is C19H17B4FN5O2W. The Balaban J connectivity index is 0.00000289. The number of ether oxygens (including phenoxy) is 1. The summed E-state index contributed by atoms with van der Waals surface area (Å²) in [7, 11) is 19.4. The van der Waals surface area contributed by atoms with E-state index in [1.54, 1.807) is 24.4 Å². The molecule has 13 heteroatoms. The Morgan fingerprint density at radius 2 is 1.88 bits per heavy atom. The fourth-order valence-corrected chi connectivity index (χ4v) is 3.44. The van der Waals surface area contributed by atoms with E-state index < -0.39 is 22.3 Å². The number of anilines is 1. The average Bonchev–Trinajstić information content (AvgIpc) is 2.69. The smallest absolute Gasteiger partial charge is 0.275 e. The Bertz CT molecular complexity index is 1170. The third-order valence-corrected chi connectivity index (χ3v) is 5.04. The van der Waals surface area contributed by atoms with Gasteiger partial charge in [-0.05, 0) is 32.0 Å². The van der Waals surface area contributed by atoms with Crippen LogP contribution in [-0.4, -0.2) is 67.5 Å². The van der Waals surface area contributed by atoms with Crippen molar-refractivity contribution in [3.8, 4) is 11.4 Å². The first kappa shape index (κ1) is 24.9. The standard InChI is InChI=1S/C19H17B4FN5O2.W/c1-17(20)19(22,30)29(23-18(2,21)31-17)16-6-11(24)5-15(28-16)13-4-3-10-9-26-12(8-25)7-14(10)27-13;/h3-7,9,30H,8,25H2,1-2H3;. The molecule has 32 heavy (non-hydrogen) atoms.